The normalized spacial score (nSPS) is 34.8. The van der Waals surface area contributed by atoms with E-state index >= 15 is 0 Å². The molecule has 0 aromatic rings. The minimum absolute atomic E-state index is 0.206. The Morgan fingerprint density at radius 3 is 2.23 bits per heavy atom. The summed E-state index contributed by atoms with van der Waals surface area (Å²) in [6.07, 6.45) is -0.377. The number of hydrogen-bond acceptors (Lipinski definition) is 3. The first-order chi connectivity index (χ1) is 6.06. The fourth-order valence-corrected chi connectivity index (χ4v) is 1.95. The number of aliphatic hydroxyl groups is 1. The topological polar surface area (TPSA) is 49.5 Å². The summed E-state index contributed by atoms with van der Waals surface area (Å²) in [5, 5.41) is 9.59. The van der Waals surface area contributed by atoms with Crippen LogP contribution in [0.3, 0.4) is 0 Å². The maximum atomic E-state index is 9.59. The Kier molecular flexibility index (Phi) is 3.71. The van der Waals surface area contributed by atoms with Crippen LogP contribution in [0.1, 0.15) is 20.8 Å². The van der Waals surface area contributed by atoms with Gasteiger partial charge in [-0.15, -0.1) is 0 Å². The smallest absolute Gasteiger partial charge is 0.0814 e. The molecule has 1 saturated heterocycles. The maximum Gasteiger partial charge on any atom is 0.0814 e. The highest BCUT2D eigenvalue weighted by Gasteiger charge is 2.31. The van der Waals surface area contributed by atoms with E-state index in [1.54, 1.807) is 0 Å². The molecule has 4 atom stereocenters. The molecule has 4 unspecified atom stereocenters. The van der Waals surface area contributed by atoms with E-state index < -0.39 is 0 Å². The van der Waals surface area contributed by atoms with Crippen LogP contribution in [0.5, 0.6) is 0 Å². The minimum atomic E-state index is -0.377. The molecule has 0 radical (unpaired) electrons. The van der Waals surface area contributed by atoms with Crippen LogP contribution in [0.4, 0.5) is 0 Å². The van der Waals surface area contributed by atoms with E-state index in [4.69, 9.17) is 5.73 Å². The molecule has 0 aliphatic carbocycles. The Hall–Kier alpha value is -0.120. The third-order valence-corrected chi connectivity index (χ3v) is 3.39. The highest BCUT2D eigenvalue weighted by molar-refractivity contribution is 4.85. The molecule has 0 aromatic heterocycles. The zero-order valence-electron chi connectivity index (χ0n) is 8.90. The first-order valence-electron chi connectivity index (χ1n) is 5.18. The average molecular weight is 186 g/mol. The van der Waals surface area contributed by atoms with Gasteiger partial charge in [0.15, 0.2) is 0 Å². The molecule has 1 fully saturated rings. The van der Waals surface area contributed by atoms with Crippen LogP contribution < -0.4 is 5.73 Å². The maximum absolute atomic E-state index is 9.59. The number of likely N-dealkylation sites (tertiary alicyclic amines) is 1. The molecule has 3 nitrogen and oxygen atoms in total. The van der Waals surface area contributed by atoms with Crippen LogP contribution in [-0.4, -0.2) is 41.8 Å². The number of nitrogens with zero attached hydrogens (tertiary/aromatic N) is 1. The van der Waals surface area contributed by atoms with Crippen molar-refractivity contribution in [3.63, 3.8) is 0 Å². The lowest BCUT2D eigenvalue weighted by atomic mass is 10.0. The van der Waals surface area contributed by atoms with Gasteiger partial charge in [-0.1, -0.05) is 13.8 Å². The van der Waals surface area contributed by atoms with Gasteiger partial charge >= 0.3 is 0 Å². The lowest BCUT2D eigenvalue weighted by Gasteiger charge is -2.27. The summed E-state index contributed by atoms with van der Waals surface area (Å²) in [6.45, 7) is 9.15. The summed E-state index contributed by atoms with van der Waals surface area (Å²) in [6, 6.07) is 0.206. The summed E-state index contributed by atoms with van der Waals surface area (Å²) in [5.41, 5.74) is 5.43. The van der Waals surface area contributed by atoms with Crippen LogP contribution in [0, 0.1) is 11.8 Å². The van der Waals surface area contributed by atoms with Crippen molar-refractivity contribution in [1.29, 1.82) is 0 Å². The van der Waals surface area contributed by atoms with Gasteiger partial charge in [0.05, 0.1) is 6.10 Å². The SMILES string of the molecule is CC1CN(C(C)C(O)CN)CC1C. The molecule has 1 aliphatic heterocycles. The Labute approximate surface area is 80.9 Å². The van der Waals surface area contributed by atoms with Crippen LogP contribution in [-0.2, 0) is 0 Å². The molecule has 0 aromatic carbocycles. The van der Waals surface area contributed by atoms with E-state index in [0.29, 0.717) is 6.54 Å². The molecule has 78 valence electrons. The van der Waals surface area contributed by atoms with Crippen molar-refractivity contribution >= 4 is 0 Å². The number of rotatable bonds is 3. The van der Waals surface area contributed by atoms with Gasteiger partial charge in [0.2, 0.25) is 0 Å². The van der Waals surface area contributed by atoms with E-state index in [9.17, 15) is 5.11 Å². The second-order valence-corrected chi connectivity index (χ2v) is 4.45. The largest absolute Gasteiger partial charge is 0.390 e. The Balaban J connectivity index is 2.45. The first-order valence-corrected chi connectivity index (χ1v) is 5.18. The van der Waals surface area contributed by atoms with Crippen LogP contribution >= 0.6 is 0 Å². The number of hydrogen-bond donors (Lipinski definition) is 2. The fourth-order valence-electron chi connectivity index (χ4n) is 1.95. The Bertz CT molecular complexity index is 153. The van der Waals surface area contributed by atoms with Gasteiger partial charge in [-0.3, -0.25) is 4.90 Å². The summed E-state index contributed by atoms with van der Waals surface area (Å²) >= 11 is 0. The Morgan fingerprint density at radius 1 is 1.38 bits per heavy atom. The molecular formula is C10H22N2O. The highest BCUT2D eigenvalue weighted by Crippen LogP contribution is 2.24. The van der Waals surface area contributed by atoms with E-state index in [-0.39, 0.29) is 12.1 Å². The molecule has 13 heavy (non-hydrogen) atoms. The minimum Gasteiger partial charge on any atom is -0.390 e. The molecule has 3 N–H and O–H groups in total. The second-order valence-electron chi connectivity index (χ2n) is 4.45. The zero-order valence-corrected chi connectivity index (χ0v) is 8.90. The van der Waals surface area contributed by atoms with E-state index in [2.05, 4.69) is 25.7 Å². The molecule has 0 spiro atoms. The van der Waals surface area contributed by atoms with Gasteiger partial charge in [-0.2, -0.15) is 0 Å². The molecule has 0 amide bonds. The van der Waals surface area contributed by atoms with Crippen LogP contribution in [0.15, 0.2) is 0 Å². The lowest BCUT2D eigenvalue weighted by Crippen LogP contribution is -2.43. The predicted molar refractivity (Wildman–Crippen MR) is 54.4 cm³/mol. The average Bonchev–Trinajstić information content (AvgIpc) is 2.44. The molecule has 3 heteroatoms. The van der Waals surface area contributed by atoms with Gasteiger partial charge in [0, 0.05) is 25.7 Å². The predicted octanol–water partition coefficient (Wildman–Crippen LogP) is 0.282. The van der Waals surface area contributed by atoms with Gasteiger partial charge in [-0.25, -0.2) is 0 Å². The second kappa shape index (κ2) is 4.40. The van der Waals surface area contributed by atoms with Gasteiger partial charge in [0.1, 0.15) is 0 Å². The highest BCUT2D eigenvalue weighted by atomic mass is 16.3. The molecule has 0 bridgehead atoms. The Morgan fingerprint density at radius 2 is 1.85 bits per heavy atom. The van der Waals surface area contributed by atoms with E-state index in [0.717, 1.165) is 24.9 Å². The van der Waals surface area contributed by atoms with Crippen molar-refractivity contribution in [3.05, 3.63) is 0 Å². The fraction of sp³-hybridized carbons (Fsp3) is 1.00. The summed E-state index contributed by atoms with van der Waals surface area (Å²) in [5.74, 6) is 1.49. The van der Waals surface area contributed by atoms with Crippen molar-refractivity contribution in [2.24, 2.45) is 17.6 Å². The quantitative estimate of drug-likeness (QED) is 0.666. The van der Waals surface area contributed by atoms with Gasteiger partial charge in [-0.05, 0) is 18.8 Å². The monoisotopic (exact) mass is 186 g/mol. The van der Waals surface area contributed by atoms with Crippen molar-refractivity contribution in [3.8, 4) is 0 Å². The van der Waals surface area contributed by atoms with Crippen molar-refractivity contribution < 1.29 is 5.11 Å². The summed E-state index contributed by atoms with van der Waals surface area (Å²) in [7, 11) is 0. The van der Waals surface area contributed by atoms with Crippen molar-refractivity contribution in [2.45, 2.75) is 32.9 Å². The van der Waals surface area contributed by atoms with E-state index in [1.807, 2.05) is 0 Å². The molecule has 1 aliphatic rings. The van der Waals surface area contributed by atoms with Crippen LogP contribution in [0.2, 0.25) is 0 Å². The first kappa shape index (κ1) is 11.0. The van der Waals surface area contributed by atoms with Gasteiger partial charge < -0.3 is 10.8 Å². The molecule has 1 heterocycles. The van der Waals surface area contributed by atoms with Gasteiger partial charge in [0.25, 0.3) is 0 Å². The summed E-state index contributed by atoms with van der Waals surface area (Å²) in [4.78, 5) is 2.34. The van der Waals surface area contributed by atoms with Crippen molar-refractivity contribution in [2.75, 3.05) is 19.6 Å². The molecule has 0 saturated carbocycles. The van der Waals surface area contributed by atoms with E-state index in [1.165, 1.54) is 0 Å². The third-order valence-electron chi connectivity index (χ3n) is 3.39. The van der Waals surface area contributed by atoms with Crippen LogP contribution in [0.25, 0.3) is 0 Å². The lowest BCUT2D eigenvalue weighted by molar-refractivity contribution is 0.0752. The third kappa shape index (κ3) is 2.42. The van der Waals surface area contributed by atoms with Crippen molar-refractivity contribution in [1.82, 2.24) is 4.90 Å². The number of aliphatic hydroxyl groups excluding tert-OH is 1. The molecule has 1 rings (SSSR count). The number of nitrogens with two attached hydrogens (primary N) is 1. The molecular weight excluding hydrogens is 164 g/mol. The zero-order chi connectivity index (χ0) is 10.0. The standard InChI is InChI=1S/C10H22N2O/c1-7-5-12(6-8(7)2)9(3)10(13)4-11/h7-10,13H,4-6,11H2,1-3H3. The summed E-state index contributed by atoms with van der Waals surface area (Å²) < 4.78 is 0.